The summed E-state index contributed by atoms with van der Waals surface area (Å²) in [6.45, 7) is 10.3. The molecule has 0 bridgehead atoms. The third kappa shape index (κ3) is 6.70. The van der Waals surface area contributed by atoms with Crippen LogP contribution in [0.15, 0.2) is 94.2 Å². The monoisotopic (exact) mass is 664 g/mol. The molecule has 3 aromatic rings. The number of piperidine rings is 2. The molecule has 0 saturated carbocycles. The Morgan fingerprint density at radius 3 is 2.33 bits per heavy atom. The number of anilines is 1. The van der Waals surface area contributed by atoms with Crippen molar-refractivity contribution < 1.29 is 9.18 Å². The number of amides is 1. The van der Waals surface area contributed by atoms with Gasteiger partial charge in [-0.25, -0.2) is 14.2 Å². The van der Waals surface area contributed by atoms with Crippen LogP contribution >= 0.6 is 0 Å². The lowest BCUT2D eigenvalue weighted by Crippen LogP contribution is -2.46. The van der Waals surface area contributed by atoms with E-state index in [0.717, 1.165) is 74.8 Å². The van der Waals surface area contributed by atoms with Gasteiger partial charge in [0.05, 0.1) is 17.1 Å². The maximum absolute atomic E-state index is 14.3. The van der Waals surface area contributed by atoms with Crippen LogP contribution in [0.5, 0.6) is 0 Å². The zero-order valence-corrected chi connectivity index (χ0v) is 29.0. The van der Waals surface area contributed by atoms with E-state index in [0.29, 0.717) is 18.9 Å². The number of hydrogen-bond acceptors (Lipinski definition) is 5. The van der Waals surface area contributed by atoms with Crippen LogP contribution in [-0.2, 0) is 11.3 Å². The number of fused-ring (bicyclic) bond motifs is 1. The molecule has 3 atom stereocenters. The number of allylic oxidation sites excluding steroid dienone is 8. The van der Waals surface area contributed by atoms with Crippen molar-refractivity contribution >= 4 is 22.8 Å². The number of nitrogens with zero attached hydrogens (tertiary/aromatic N) is 5. The van der Waals surface area contributed by atoms with Gasteiger partial charge in [0.15, 0.2) is 0 Å². The molecule has 4 aliphatic rings. The summed E-state index contributed by atoms with van der Waals surface area (Å²) in [6, 6.07) is 11.9. The SMILES string of the molecule is CC1CC(C2=CC=C(C(C)n3c(=O)n(C4CCN(C(=O)C5CCN(Cc6ccc(N)nc6)CC5)CC4)c4ccccc43)CC2C)=CC=C1F. The average Bonchev–Trinajstić information content (AvgIpc) is 3.41. The van der Waals surface area contributed by atoms with Gasteiger partial charge in [-0.1, -0.05) is 50.3 Å². The second-order valence-electron chi connectivity index (χ2n) is 14.7. The molecular weight excluding hydrogens is 615 g/mol. The minimum absolute atomic E-state index is 0.0231. The Hall–Kier alpha value is -4.24. The molecule has 2 aliphatic carbocycles. The maximum atomic E-state index is 14.3. The molecule has 9 heteroatoms. The van der Waals surface area contributed by atoms with Crippen molar-refractivity contribution in [3.63, 3.8) is 0 Å². The van der Waals surface area contributed by atoms with Crippen LogP contribution in [0.25, 0.3) is 11.0 Å². The van der Waals surface area contributed by atoms with Gasteiger partial charge < -0.3 is 10.6 Å². The fourth-order valence-corrected chi connectivity index (χ4v) is 8.49. The highest BCUT2D eigenvalue weighted by molar-refractivity contribution is 5.79. The Balaban J connectivity index is 1.02. The van der Waals surface area contributed by atoms with E-state index in [9.17, 15) is 14.0 Å². The summed E-state index contributed by atoms with van der Waals surface area (Å²) >= 11 is 0. The van der Waals surface area contributed by atoms with Crippen LogP contribution in [0.2, 0.25) is 0 Å². The Kier molecular flexibility index (Phi) is 9.46. The number of benzene rings is 1. The van der Waals surface area contributed by atoms with E-state index < -0.39 is 0 Å². The summed E-state index contributed by atoms with van der Waals surface area (Å²) in [5.74, 6) is 0.998. The third-order valence-corrected chi connectivity index (χ3v) is 11.4. The van der Waals surface area contributed by atoms with E-state index in [2.05, 4.69) is 48.0 Å². The molecule has 1 amide bonds. The van der Waals surface area contributed by atoms with E-state index in [1.807, 2.05) is 57.5 Å². The summed E-state index contributed by atoms with van der Waals surface area (Å²) < 4.78 is 18.0. The fourth-order valence-electron chi connectivity index (χ4n) is 8.49. The Labute approximate surface area is 288 Å². The Morgan fingerprint density at radius 1 is 0.918 bits per heavy atom. The number of nitrogen functional groups attached to an aromatic ring is 1. The lowest BCUT2D eigenvalue weighted by atomic mass is 9.79. The zero-order chi connectivity index (χ0) is 34.2. The fraction of sp³-hybridized carbons (Fsp3) is 0.475. The lowest BCUT2D eigenvalue weighted by molar-refractivity contribution is -0.138. The van der Waals surface area contributed by atoms with Crippen LogP contribution in [0.4, 0.5) is 10.2 Å². The molecule has 1 aromatic carbocycles. The summed E-state index contributed by atoms with van der Waals surface area (Å²) in [4.78, 5) is 36.5. The number of aromatic nitrogens is 3. The number of rotatable bonds is 7. The first-order chi connectivity index (χ1) is 23.7. The summed E-state index contributed by atoms with van der Waals surface area (Å²) in [6.07, 6.45) is 14.6. The molecule has 4 heterocycles. The van der Waals surface area contributed by atoms with Crippen molar-refractivity contribution in [1.29, 1.82) is 0 Å². The van der Waals surface area contributed by atoms with E-state index in [1.54, 1.807) is 6.08 Å². The topological polar surface area (TPSA) is 89.4 Å². The highest BCUT2D eigenvalue weighted by Crippen LogP contribution is 2.39. The van der Waals surface area contributed by atoms with Gasteiger partial charge in [-0.05, 0) is 111 Å². The first kappa shape index (κ1) is 33.3. The van der Waals surface area contributed by atoms with Gasteiger partial charge in [0.2, 0.25) is 5.91 Å². The Bertz CT molecular complexity index is 1880. The van der Waals surface area contributed by atoms with E-state index in [1.165, 1.54) is 16.7 Å². The molecule has 0 radical (unpaired) electrons. The van der Waals surface area contributed by atoms with Crippen LogP contribution in [0.1, 0.15) is 76.9 Å². The molecule has 0 spiro atoms. The van der Waals surface area contributed by atoms with Gasteiger partial charge in [-0.2, -0.15) is 0 Å². The van der Waals surface area contributed by atoms with Crippen molar-refractivity contribution in [3.05, 3.63) is 105 Å². The van der Waals surface area contributed by atoms with Crippen LogP contribution in [0, 0.1) is 17.8 Å². The molecule has 2 saturated heterocycles. The summed E-state index contributed by atoms with van der Waals surface area (Å²) in [7, 11) is 0. The number of imidazole rings is 1. The Morgan fingerprint density at radius 2 is 1.65 bits per heavy atom. The molecule has 7 rings (SSSR count). The molecule has 258 valence electrons. The molecule has 49 heavy (non-hydrogen) atoms. The average molecular weight is 665 g/mol. The van der Waals surface area contributed by atoms with Gasteiger partial charge in [-0.15, -0.1) is 0 Å². The number of para-hydroxylation sites is 2. The predicted molar refractivity (Wildman–Crippen MR) is 193 cm³/mol. The molecule has 2 fully saturated rings. The third-order valence-electron chi connectivity index (χ3n) is 11.4. The highest BCUT2D eigenvalue weighted by Gasteiger charge is 2.33. The smallest absolute Gasteiger partial charge is 0.329 e. The van der Waals surface area contributed by atoms with E-state index >= 15 is 0 Å². The molecule has 3 unspecified atom stereocenters. The molecule has 8 nitrogen and oxygen atoms in total. The zero-order valence-electron chi connectivity index (χ0n) is 29.0. The number of hydrogen-bond donors (Lipinski definition) is 1. The van der Waals surface area contributed by atoms with Crippen molar-refractivity contribution in [2.75, 3.05) is 31.9 Å². The predicted octanol–water partition coefficient (Wildman–Crippen LogP) is 7.13. The number of carbonyl (C=O) groups excluding carboxylic acids is 1. The molecule has 2 aliphatic heterocycles. The number of pyridine rings is 1. The summed E-state index contributed by atoms with van der Waals surface area (Å²) in [5, 5.41) is 0. The van der Waals surface area contributed by atoms with Crippen molar-refractivity contribution in [2.45, 2.75) is 77.9 Å². The first-order valence-corrected chi connectivity index (χ1v) is 18.1. The molecule has 2 N–H and O–H groups in total. The molecule has 2 aromatic heterocycles. The van der Waals surface area contributed by atoms with Gasteiger partial charge in [0.25, 0.3) is 0 Å². The number of likely N-dealkylation sites (tertiary alicyclic amines) is 2. The second kappa shape index (κ2) is 13.9. The second-order valence-corrected chi connectivity index (χ2v) is 14.7. The van der Waals surface area contributed by atoms with E-state index in [4.69, 9.17) is 5.73 Å². The number of halogens is 1. The standard InChI is InChI=1S/C40H49FN6O2/c1-26-22-31(9-11-34(26)32-10-12-35(41)27(2)23-32)28(3)46-36-6-4-5-7-37(36)47(40(46)49)33-16-20-45(21-17-33)39(48)30-14-18-44(19-15-30)25-29-8-13-38(42)43-24-29/h4-13,24,26-28,30,33H,14-23,25H2,1-3H3,(H2,42,43). The lowest BCUT2D eigenvalue weighted by Gasteiger charge is -2.37. The number of carbonyl (C=O) groups is 1. The van der Waals surface area contributed by atoms with Gasteiger partial charge >= 0.3 is 5.69 Å². The number of nitrogens with two attached hydrogens (primary N) is 1. The van der Waals surface area contributed by atoms with Gasteiger partial charge in [0.1, 0.15) is 11.6 Å². The van der Waals surface area contributed by atoms with Crippen LogP contribution < -0.4 is 11.4 Å². The minimum Gasteiger partial charge on any atom is -0.384 e. The van der Waals surface area contributed by atoms with Gasteiger partial charge in [-0.3, -0.25) is 18.8 Å². The normalized spacial score (nSPS) is 23.6. The quantitative estimate of drug-likeness (QED) is 0.290. The highest BCUT2D eigenvalue weighted by atomic mass is 19.1. The largest absolute Gasteiger partial charge is 0.384 e. The van der Waals surface area contributed by atoms with E-state index in [-0.39, 0.29) is 47.3 Å². The minimum atomic E-state index is -0.0979. The van der Waals surface area contributed by atoms with Gasteiger partial charge in [0, 0.05) is 43.7 Å². The first-order valence-electron chi connectivity index (χ1n) is 18.1. The van der Waals surface area contributed by atoms with Crippen LogP contribution in [-0.4, -0.2) is 56.0 Å². The van der Waals surface area contributed by atoms with Crippen molar-refractivity contribution in [1.82, 2.24) is 23.9 Å². The molecular formula is C40H49FN6O2. The summed E-state index contributed by atoms with van der Waals surface area (Å²) in [5.41, 5.74) is 12.5. The van der Waals surface area contributed by atoms with Crippen molar-refractivity contribution in [3.8, 4) is 0 Å². The van der Waals surface area contributed by atoms with Crippen molar-refractivity contribution in [2.24, 2.45) is 17.8 Å². The van der Waals surface area contributed by atoms with Crippen LogP contribution in [0.3, 0.4) is 0 Å². The maximum Gasteiger partial charge on any atom is 0.329 e.